The first-order chi connectivity index (χ1) is 9.22. The van der Waals surface area contributed by atoms with Gasteiger partial charge in [-0.25, -0.2) is 4.79 Å². The minimum absolute atomic E-state index is 0.157. The number of rotatable bonds is 5. The quantitative estimate of drug-likeness (QED) is 0.806. The second kappa shape index (κ2) is 6.15. The molecule has 1 heterocycles. The van der Waals surface area contributed by atoms with E-state index in [9.17, 15) is 4.79 Å². The SMILES string of the molecule is COC(=O)c1ccccc1CNC(C)c1cn[nH]c1. The molecule has 0 aliphatic carbocycles. The summed E-state index contributed by atoms with van der Waals surface area (Å²) in [6, 6.07) is 7.58. The Hall–Kier alpha value is -2.14. The number of aromatic nitrogens is 2. The number of nitrogens with one attached hydrogen (secondary N) is 2. The van der Waals surface area contributed by atoms with E-state index >= 15 is 0 Å². The molecule has 1 aromatic heterocycles. The molecule has 19 heavy (non-hydrogen) atoms. The van der Waals surface area contributed by atoms with Crippen LogP contribution < -0.4 is 5.32 Å². The normalized spacial score (nSPS) is 12.1. The van der Waals surface area contributed by atoms with Crippen molar-refractivity contribution in [1.82, 2.24) is 15.5 Å². The van der Waals surface area contributed by atoms with Gasteiger partial charge in [-0.15, -0.1) is 0 Å². The lowest BCUT2D eigenvalue weighted by atomic mass is 10.1. The van der Waals surface area contributed by atoms with E-state index in [0.717, 1.165) is 11.1 Å². The molecule has 2 rings (SSSR count). The number of ether oxygens (including phenoxy) is 1. The summed E-state index contributed by atoms with van der Waals surface area (Å²) in [5.41, 5.74) is 2.59. The molecule has 0 radical (unpaired) electrons. The predicted octanol–water partition coefficient (Wildman–Crippen LogP) is 2.05. The van der Waals surface area contributed by atoms with Gasteiger partial charge in [0.2, 0.25) is 0 Å². The highest BCUT2D eigenvalue weighted by molar-refractivity contribution is 5.90. The van der Waals surface area contributed by atoms with E-state index in [1.54, 1.807) is 12.3 Å². The maximum absolute atomic E-state index is 11.6. The molecular formula is C14H17N3O2. The average Bonchev–Trinajstić information content (AvgIpc) is 2.98. The zero-order chi connectivity index (χ0) is 13.7. The lowest BCUT2D eigenvalue weighted by Gasteiger charge is -2.13. The van der Waals surface area contributed by atoms with Crippen molar-refractivity contribution in [3.63, 3.8) is 0 Å². The van der Waals surface area contributed by atoms with Gasteiger partial charge in [-0.05, 0) is 18.6 Å². The Morgan fingerprint density at radius 3 is 2.95 bits per heavy atom. The van der Waals surface area contributed by atoms with Gasteiger partial charge in [-0.1, -0.05) is 18.2 Å². The number of methoxy groups -OCH3 is 1. The molecule has 0 fully saturated rings. The van der Waals surface area contributed by atoms with Crippen LogP contribution in [0.3, 0.4) is 0 Å². The molecule has 5 nitrogen and oxygen atoms in total. The standard InChI is InChI=1S/C14H17N3O2/c1-10(12-8-16-17-9-12)15-7-11-5-3-4-6-13(11)14(18)19-2/h3-6,8-10,15H,7H2,1-2H3,(H,16,17). The molecule has 1 atom stereocenters. The molecule has 5 heteroatoms. The zero-order valence-corrected chi connectivity index (χ0v) is 11.0. The summed E-state index contributed by atoms with van der Waals surface area (Å²) in [5.74, 6) is -0.312. The van der Waals surface area contributed by atoms with Crippen molar-refractivity contribution in [2.24, 2.45) is 0 Å². The summed E-state index contributed by atoms with van der Waals surface area (Å²) >= 11 is 0. The van der Waals surface area contributed by atoms with E-state index in [1.807, 2.05) is 31.3 Å². The van der Waals surface area contributed by atoms with E-state index in [0.29, 0.717) is 12.1 Å². The smallest absolute Gasteiger partial charge is 0.338 e. The molecule has 0 aliphatic heterocycles. The predicted molar refractivity (Wildman–Crippen MR) is 71.6 cm³/mol. The van der Waals surface area contributed by atoms with Crippen molar-refractivity contribution in [3.05, 3.63) is 53.3 Å². The molecule has 0 aliphatic rings. The first kappa shape index (κ1) is 13.3. The van der Waals surface area contributed by atoms with E-state index < -0.39 is 0 Å². The van der Waals surface area contributed by atoms with E-state index in [1.165, 1.54) is 7.11 Å². The van der Waals surface area contributed by atoms with Crippen LogP contribution in [-0.4, -0.2) is 23.3 Å². The van der Waals surface area contributed by atoms with Crippen LogP contribution in [0.2, 0.25) is 0 Å². The Morgan fingerprint density at radius 1 is 1.47 bits per heavy atom. The van der Waals surface area contributed by atoms with E-state index in [2.05, 4.69) is 15.5 Å². The number of hydrogen-bond acceptors (Lipinski definition) is 4. The molecule has 1 unspecified atom stereocenters. The Labute approximate surface area is 112 Å². The monoisotopic (exact) mass is 259 g/mol. The van der Waals surface area contributed by atoms with Gasteiger partial charge in [0, 0.05) is 24.3 Å². The van der Waals surface area contributed by atoms with Gasteiger partial charge in [0.1, 0.15) is 0 Å². The van der Waals surface area contributed by atoms with Crippen molar-refractivity contribution >= 4 is 5.97 Å². The summed E-state index contributed by atoms with van der Waals surface area (Å²) in [4.78, 5) is 11.6. The second-order valence-electron chi connectivity index (χ2n) is 4.28. The number of H-pyrrole nitrogens is 1. The van der Waals surface area contributed by atoms with Gasteiger partial charge in [0.25, 0.3) is 0 Å². The first-order valence-electron chi connectivity index (χ1n) is 6.10. The summed E-state index contributed by atoms with van der Waals surface area (Å²) in [6.45, 7) is 2.64. The van der Waals surface area contributed by atoms with Crippen molar-refractivity contribution < 1.29 is 9.53 Å². The van der Waals surface area contributed by atoms with Crippen molar-refractivity contribution in [2.45, 2.75) is 19.5 Å². The number of aromatic amines is 1. The molecule has 0 bridgehead atoms. The summed E-state index contributed by atoms with van der Waals surface area (Å²) in [7, 11) is 1.39. The van der Waals surface area contributed by atoms with Gasteiger partial charge in [0.15, 0.2) is 0 Å². The van der Waals surface area contributed by atoms with Crippen LogP contribution >= 0.6 is 0 Å². The lowest BCUT2D eigenvalue weighted by Crippen LogP contribution is -2.19. The average molecular weight is 259 g/mol. The Balaban J connectivity index is 2.05. The summed E-state index contributed by atoms with van der Waals surface area (Å²) in [6.07, 6.45) is 3.63. The minimum atomic E-state index is -0.312. The molecule has 100 valence electrons. The highest BCUT2D eigenvalue weighted by Crippen LogP contribution is 2.14. The van der Waals surface area contributed by atoms with Crippen molar-refractivity contribution in [1.29, 1.82) is 0 Å². The van der Waals surface area contributed by atoms with Gasteiger partial charge in [0.05, 0.1) is 18.9 Å². The van der Waals surface area contributed by atoms with Crippen LogP contribution in [-0.2, 0) is 11.3 Å². The molecule has 2 N–H and O–H groups in total. The third-order valence-corrected chi connectivity index (χ3v) is 3.04. The maximum atomic E-state index is 11.6. The molecule has 0 amide bonds. The first-order valence-corrected chi connectivity index (χ1v) is 6.10. The number of carbonyl (C=O) groups excluding carboxylic acids is 1. The van der Waals surface area contributed by atoms with Crippen LogP contribution in [0.15, 0.2) is 36.7 Å². The van der Waals surface area contributed by atoms with Crippen molar-refractivity contribution in [3.8, 4) is 0 Å². The topological polar surface area (TPSA) is 67.0 Å². The third kappa shape index (κ3) is 3.20. The molecule has 0 saturated carbocycles. The van der Waals surface area contributed by atoms with Gasteiger partial charge in [-0.2, -0.15) is 5.10 Å². The lowest BCUT2D eigenvalue weighted by molar-refractivity contribution is 0.0599. The fraction of sp³-hybridized carbons (Fsp3) is 0.286. The molecule has 0 spiro atoms. The molecule has 2 aromatic rings. The highest BCUT2D eigenvalue weighted by atomic mass is 16.5. The molecular weight excluding hydrogens is 242 g/mol. The van der Waals surface area contributed by atoms with Crippen LogP contribution in [0.5, 0.6) is 0 Å². The Kier molecular flexibility index (Phi) is 4.30. The van der Waals surface area contributed by atoms with E-state index in [-0.39, 0.29) is 12.0 Å². The Bertz CT molecular complexity index is 537. The number of hydrogen-bond donors (Lipinski definition) is 2. The third-order valence-electron chi connectivity index (χ3n) is 3.04. The fourth-order valence-electron chi connectivity index (χ4n) is 1.86. The summed E-state index contributed by atoms with van der Waals surface area (Å²) < 4.78 is 4.77. The maximum Gasteiger partial charge on any atom is 0.338 e. The number of esters is 1. The highest BCUT2D eigenvalue weighted by Gasteiger charge is 2.12. The minimum Gasteiger partial charge on any atom is -0.465 e. The number of nitrogens with zero attached hydrogens (tertiary/aromatic N) is 1. The Morgan fingerprint density at radius 2 is 2.26 bits per heavy atom. The molecule has 0 saturated heterocycles. The van der Waals surface area contributed by atoms with Gasteiger partial charge >= 0.3 is 5.97 Å². The van der Waals surface area contributed by atoms with Gasteiger partial charge < -0.3 is 10.1 Å². The summed E-state index contributed by atoms with van der Waals surface area (Å²) in [5, 5.41) is 10.1. The second-order valence-corrected chi connectivity index (χ2v) is 4.28. The van der Waals surface area contributed by atoms with Crippen LogP contribution in [0, 0.1) is 0 Å². The fourth-order valence-corrected chi connectivity index (χ4v) is 1.86. The molecule has 1 aromatic carbocycles. The van der Waals surface area contributed by atoms with Gasteiger partial charge in [-0.3, -0.25) is 5.10 Å². The zero-order valence-electron chi connectivity index (χ0n) is 11.0. The van der Waals surface area contributed by atoms with Crippen molar-refractivity contribution in [2.75, 3.05) is 7.11 Å². The van der Waals surface area contributed by atoms with Crippen LogP contribution in [0.4, 0.5) is 0 Å². The largest absolute Gasteiger partial charge is 0.465 e. The number of carbonyl (C=O) groups is 1. The van der Waals surface area contributed by atoms with Crippen LogP contribution in [0.25, 0.3) is 0 Å². The van der Waals surface area contributed by atoms with Crippen LogP contribution in [0.1, 0.15) is 34.5 Å². The van der Waals surface area contributed by atoms with E-state index in [4.69, 9.17) is 4.74 Å². The number of benzene rings is 1.